The Hall–Kier alpha value is -0.610. The van der Waals surface area contributed by atoms with Gasteiger partial charge < -0.3 is 10.5 Å². The Labute approximate surface area is 75.6 Å². The molecule has 66 valence electrons. The number of aromatic nitrogens is 1. The first-order chi connectivity index (χ1) is 5.71. The molecular weight excluding hydrogens is 172 g/mol. The van der Waals surface area contributed by atoms with E-state index in [-0.39, 0.29) is 5.60 Å². The van der Waals surface area contributed by atoms with Gasteiger partial charge in [0.1, 0.15) is 16.4 Å². The molecule has 0 spiro atoms. The maximum absolute atomic E-state index is 5.63. The smallest absolute Gasteiger partial charge is 0.134 e. The molecule has 1 aliphatic heterocycles. The quantitative estimate of drug-likeness (QED) is 0.723. The second-order valence-electron chi connectivity index (χ2n) is 3.26. The fraction of sp³-hybridized carbons (Fsp3) is 0.625. The van der Waals surface area contributed by atoms with Crippen molar-refractivity contribution in [1.29, 1.82) is 0 Å². The van der Waals surface area contributed by atoms with Crippen LogP contribution >= 0.6 is 11.3 Å². The van der Waals surface area contributed by atoms with Crippen LogP contribution in [0.25, 0.3) is 0 Å². The topological polar surface area (TPSA) is 48.1 Å². The van der Waals surface area contributed by atoms with E-state index in [4.69, 9.17) is 10.5 Å². The lowest BCUT2D eigenvalue weighted by Crippen LogP contribution is -2.19. The third-order valence-corrected chi connectivity index (χ3v) is 3.30. The summed E-state index contributed by atoms with van der Waals surface area (Å²) in [5.41, 5.74) is 5.38. The number of hydrogen-bond donors (Lipinski definition) is 1. The van der Waals surface area contributed by atoms with Gasteiger partial charge in [-0.25, -0.2) is 4.98 Å². The summed E-state index contributed by atoms with van der Waals surface area (Å²) >= 11 is 1.58. The SMILES string of the molecule is CC1(c2nc(N)cs2)CCCO1. The highest BCUT2D eigenvalue weighted by Crippen LogP contribution is 2.37. The van der Waals surface area contributed by atoms with Crippen molar-refractivity contribution in [2.24, 2.45) is 0 Å². The third kappa shape index (κ3) is 1.21. The van der Waals surface area contributed by atoms with Gasteiger partial charge in [0.2, 0.25) is 0 Å². The Balaban J connectivity index is 2.28. The highest BCUT2D eigenvalue weighted by Gasteiger charge is 2.34. The zero-order valence-electron chi connectivity index (χ0n) is 7.04. The lowest BCUT2D eigenvalue weighted by Gasteiger charge is -2.19. The van der Waals surface area contributed by atoms with E-state index in [2.05, 4.69) is 11.9 Å². The van der Waals surface area contributed by atoms with E-state index in [0.29, 0.717) is 5.82 Å². The zero-order chi connectivity index (χ0) is 8.60. The van der Waals surface area contributed by atoms with Gasteiger partial charge in [0.25, 0.3) is 0 Å². The Bertz CT molecular complexity index is 278. The van der Waals surface area contributed by atoms with Crippen LogP contribution in [0.1, 0.15) is 24.8 Å². The Morgan fingerprint density at radius 3 is 3.08 bits per heavy atom. The van der Waals surface area contributed by atoms with E-state index < -0.39 is 0 Å². The van der Waals surface area contributed by atoms with Gasteiger partial charge in [-0.05, 0) is 19.8 Å². The summed E-state index contributed by atoms with van der Waals surface area (Å²) < 4.78 is 5.63. The van der Waals surface area contributed by atoms with Crippen LogP contribution in [0.3, 0.4) is 0 Å². The van der Waals surface area contributed by atoms with E-state index in [1.807, 2.05) is 5.38 Å². The Morgan fingerprint density at radius 1 is 1.75 bits per heavy atom. The van der Waals surface area contributed by atoms with Crippen LogP contribution in [0.4, 0.5) is 5.82 Å². The molecule has 1 aliphatic rings. The standard InChI is InChI=1S/C8H12N2OS/c1-8(3-2-4-11-8)7-10-6(9)5-12-7/h5H,2-4,9H2,1H3. The summed E-state index contributed by atoms with van der Waals surface area (Å²) in [4.78, 5) is 4.24. The molecule has 1 saturated heterocycles. The molecular formula is C8H12N2OS. The number of anilines is 1. The molecule has 0 amide bonds. The molecule has 1 aromatic rings. The molecule has 12 heavy (non-hydrogen) atoms. The Kier molecular flexibility index (Phi) is 1.81. The van der Waals surface area contributed by atoms with E-state index in [9.17, 15) is 0 Å². The molecule has 2 N–H and O–H groups in total. The molecule has 2 rings (SSSR count). The van der Waals surface area contributed by atoms with Crippen molar-refractivity contribution in [2.75, 3.05) is 12.3 Å². The molecule has 1 atom stereocenters. The number of hydrogen-bond acceptors (Lipinski definition) is 4. The van der Waals surface area contributed by atoms with Crippen molar-refractivity contribution in [3.8, 4) is 0 Å². The van der Waals surface area contributed by atoms with Crippen LogP contribution in [0.15, 0.2) is 5.38 Å². The van der Waals surface area contributed by atoms with Gasteiger partial charge in [-0.3, -0.25) is 0 Å². The predicted molar refractivity (Wildman–Crippen MR) is 49.1 cm³/mol. The lowest BCUT2D eigenvalue weighted by atomic mass is 10.0. The van der Waals surface area contributed by atoms with E-state index in [1.54, 1.807) is 11.3 Å². The average molecular weight is 184 g/mol. The number of nitrogens with two attached hydrogens (primary N) is 1. The van der Waals surface area contributed by atoms with E-state index >= 15 is 0 Å². The first kappa shape index (κ1) is 8.01. The highest BCUT2D eigenvalue weighted by atomic mass is 32.1. The zero-order valence-corrected chi connectivity index (χ0v) is 7.86. The maximum atomic E-state index is 5.63. The first-order valence-electron chi connectivity index (χ1n) is 4.06. The van der Waals surface area contributed by atoms with E-state index in [1.165, 1.54) is 0 Å². The summed E-state index contributed by atoms with van der Waals surface area (Å²) in [5, 5.41) is 2.87. The van der Waals surface area contributed by atoms with Crippen molar-refractivity contribution >= 4 is 17.2 Å². The number of rotatable bonds is 1. The van der Waals surface area contributed by atoms with Gasteiger partial charge in [0.15, 0.2) is 0 Å². The molecule has 0 aliphatic carbocycles. The number of ether oxygens (including phenoxy) is 1. The molecule has 0 radical (unpaired) electrons. The lowest BCUT2D eigenvalue weighted by molar-refractivity contribution is 0.0167. The van der Waals surface area contributed by atoms with Crippen LogP contribution in [0, 0.1) is 0 Å². The molecule has 3 nitrogen and oxygen atoms in total. The largest absolute Gasteiger partial charge is 0.383 e. The molecule has 0 aromatic carbocycles. The molecule has 2 heterocycles. The van der Waals surface area contributed by atoms with E-state index in [0.717, 1.165) is 24.5 Å². The normalized spacial score (nSPS) is 29.4. The predicted octanol–water partition coefficient (Wildman–Crippen LogP) is 1.75. The fourth-order valence-corrected chi connectivity index (χ4v) is 2.33. The van der Waals surface area contributed by atoms with Crippen molar-refractivity contribution in [3.63, 3.8) is 0 Å². The second-order valence-corrected chi connectivity index (χ2v) is 4.12. The molecule has 4 heteroatoms. The summed E-state index contributed by atoms with van der Waals surface area (Å²) in [7, 11) is 0. The number of nitrogen functional groups attached to an aromatic ring is 1. The van der Waals surface area contributed by atoms with Crippen molar-refractivity contribution in [2.45, 2.75) is 25.4 Å². The average Bonchev–Trinajstić information content (AvgIpc) is 2.59. The van der Waals surface area contributed by atoms with Crippen LogP contribution in [-0.4, -0.2) is 11.6 Å². The van der Waals surface area contributed by atoms with Gasteiger partial charge in [0.05, 0.1) is 0 Å². The molecule has 1 unspecified atom stereocenters. The molecule has 0 bridgehead atoms. The highest BCUT2D eigenvalue weighted by molar-refractivity contribution is 7.10. The van der Waals surface area contributed by atoms with Crippen molar-refractivity contribution < 1.29 is 4.74 Å². The minimum absolute atomic E-state index is 0.164. The van der Waals surface area contributed by atoms with Crippen LogP contribution in [0.2, 0.25) is 0 Å². The maximum Gasteiger partial charge on any atom is 0.134 e. The van der Waals surface area contributed by atoms with Crippen LogP contribution in [0.5, 0.6) is 0 Å². The minimum Gasteiger partial charge on any atom is -0.383 e. The van der Waals surface area contributed by atoms with Crippen molar-refractivity contribution in [3.05, 3.63) is 10.4 Å². The van der Waals surface area contributed by atoms with Crippen molar-refractivity contribution in [1.82, 2.24) is 4.98 Å². The summed E-state index contributed by atoms with van der Waals surface area (Å²) in [6, 6.07) is 0. The van der Waals surface area contributed by atoms with Crippen LogP contribution in [-0.2, 0) is 10.3 Å². The first-order valence-corrected chi connectivity index (χ1v) is 4.94. The third-order valence-electron chi connectivity index (χ3n) is 2.19. The Morgan fingerprint density at radius 2 is 2.58 bits per heavy atom. The monoisotopic (exact) mass is 184 g/mol. The van der Waals surface area contributed by atoms with Crippen LogP contribution < -0.4 is 5.73 Å². The summed E-state index contributed by atoms with van der Waals surface area (Å²) in [6.07, 6.45) is 2.18. The molecule has 1 fully saturated rings. The number of nitrogens with zero attached hydrogens (tertiary/aromatic N) is 1. The fourth-order valence-electron chi connectivity index (χ4n) is 1.48. The van der Waals surface area contributed by atoms with Gasteiger partial charge in [0, 0.05) is 12.0 Å². The molecule has 1 aromatic heterocycles. The van der Waals surface area contributed by atoms with Gasteiger partial charge in [-0.15, -0.1) is 11.3 Å². The summed E-state index contributed by atoms with van der Waals surface area (Å²) in [5.74, 6) is 0.603. The molecule has 0 saturated carbocycles. The second kappa shape index (κ2) is 2.71. The minimum atomic E-state index is -0.164. The van der Waals surface area contributed by atoms with Gasteiger partial charge in [-0.2, -0.15) is 0 Å². The van der Waals surface area contributed by atoms with Gasteiger partial charge >= 0.3 is 0 Å². The summed E-state index contributed by atoms with van der Waals surface area (Å²) in [6.45, 7) is 2.92. The van der Waals surface area contributed by atoms with Gasteiger partial charge in [-0.1, -0.05) is 0 Å². The number of thiazole rings is 1.